The number of aromatic amines is 1. The Kier molecular flexibility index (Phi) is 4.95. The van der Waals surface area contributed by atoms with Crippen molar-refractivity contribution >= 4 is 34.3 Å². The Balaban J connectivity index is 1.75. The van der Waals surface area contributed by atoms with Crippen LogP contribution in [0.1, 0.15) is 36.7 Å². The number of hydrogen-bond acceptors (Lipinski definition) is 3. The molecule has 0 spiro atoms. The minimum Gasteiger partial charge on any atom is -0.349 e. The Bertz CT molecular complexity index is 850. The highest BCUT2D eigenvalue weighted by atomic mass is 35.5. The maximum Gasteiger partial charge on any atom is 0.268 e. The number of aromatic nitrogens is 1. The molecule has 2 aromatic rings. The monoisotopic (exact) mass is 358 g/mol. The molecule has 130 valence electrons. The largest absolute Gasteiger partial charge is 0.349 e. The van der Waals surface area contributed by atoms with E-state index in [1.54, 1.807) is 19.1 Å². The van der Waals surface area contributed by atoms with Crippen molar-refractivity contribution in [3.05, 3.63) is 35.0 Å². The molecule has 0 aliphatic heterocycles. The van der Waals surface area contributed by atoms with Crippen molar-refractivity contribution in [2.45, 2.75) is 38.3 Å². The Morgan fingerprint density at radius 3 is 2.80 bits per heavy atom. The first-order valence-electron chi connectivity index (χ1n) is 8.26. The molecule has 1 aromatic carbocycles. The fourth-order valence-electron chi connectivity index (χ4n) is 2.74. The van der Waals surface area contributed by atoms with Gasteiger partial charge in [0.1, 0.15) is 17.8 Å². The van der Waals surface area contributed by atoms with E-state index in [1.807, 2.05) is 18.2 Å². The van der Waals surface area contributed by atoms with E-state index in [0.29, 0.717) is 28.6 Å². The van der Waals surface area contributed by atoms with Crippen molar-refractivity contribution in [3.8, 4) is 6.07 Å². The lowest BCUT2D eigenvalue weighted by atomic mass is 10.1. The van der Waals surface area contributed by atoms with Gasteiger partial charge in [-0.05, 0) is 31.4 Å². The van der Waals surface area contributed by atoms with Crippen LogP contribution in [0.3, 0.4) is 0 Å². The van der Waals surface area contributed by atoms with E-state index in [1.165, 1.54) is 0 Å². The molecule has 2 amide bonds. The summed E-state index contributed by atoms with van der Waals surface area (Å²) in [6.07, 6.45) is 2.71. The molecule has 1 aromatic heterocycles. The Morgan fingerprint density at radius 2 is 2.16 bits per heavy atom. The van der Waals surface area contributed by atoms with E-state index in [2.05, 4.69) is 15.6 Å². The third-order valence-corrected chi connectivity index (χ3v) is 4.61. The smallest absolute Gasteiger partial charge is 0.268 e. The fraction of sp³-hybridized carbons (Fsp3) is 0.389. The number of rotatable bonds is 6. The standard InChI is InChI=1S/C18H19ClN4O2/c1-10(9-20)21-17(24)14(7-11-5-6-11)23-18(25)15-8-12-3-2-4-13(19)16(12)22-15/h2-4,8,10-11,14,22H,5-7H2,1H3,(H,21,24)(H,23,25)/t10-,14-/m0/s1. The summed E-state index contributed by atoms with van der Waals surface area (Å²) in [6.45, 7) is 1.60. The lowest BCUT2D eigenvalue weighted by Crippen LogP contribution is -2.49. The molecule has 7 heteroatoms. The minimum atomic E-state index is -0.655. The van der Waals surface area contributed by atoms with Crippen LogP contribution >= 0.6 is 11.6 Å². The molecule has 3 rings (SSSR count). The topological polar surface area (TPSA) is 97.8 Å². The summed E-state index contributed by atoms with van der Waals surface area (Å²) in [5.74, 6) is -0.244. The van der Waals surface area contributed by atoms with E-state index >= 15 is 0 Å². The predicted molar refractivity (Wildman–Crippen MR) is 95.1 cm³/mol. The van der Waals surface area contributed by atoms with Crippen molar-refractivity contribution in [1.82, 2.24) is 15.6 Å². The third-order valence-electron chi connectivity index (χ3n) is 4.29. The fourth-order valence-corrected chi connectivity index (χ4v) is 2.97. The summed E-state index contributed by atoms with van der Waals surface area (Å²) in [7, 11) is 0. The SMILES string of the molecule is C[C@@H](C#N)NC(=O)[C@H](CC1CC1)NC(=O)c1cc2cccc(Cl)c2[nH]1. The number of fused-ring (bicyclic) bond motifs is 1. The molecule has 2 atom stereocenters. The molecule has 25 heavy (non-hydrogen) atoms. The second kappa shape index (κ2) is 7.16. The number of nitriles is 1. The lowest BCUT2D eigenvalue weighted by molar-refractivity contribution is -0.123. The summed E-state index contributed by atoms with van der Waals surface area (Å²) >= 11 is 6.12. The Labute approximate surface area is 150 Å². The second-order valence-corrected chi connectivity index (χ2v) is 6.86. The molecular weight excluding hydrogens is 340 g/mol. The molecule has 1 heterocycles. The molecule has 0 unspecified atom stereocenters. The quantitative estimate of drug-likeness (QED) is 0.740. The van der Waals surface area contributed by atoms with Gasteiger partial charge in [0.25, 0.3) is 5.91 Å². The summed E-state index contributed by atoms with van der Waals surface area (Å²) < 4.78 is 0. The average molecular weight is 359 g/mol. The first kappa shape index (κ1) is 17.3. The summed E-state index contributed by atoms with van der Waals surface area (Å²) in [5, 5.41) is 15.6. The van der Waals surface area contributed by atoms with E-state index < -0.39 is 12.1 Å². The van der Waals surface area contributed by atoms with E-state index in [0.717, 1.165) is 18.2 Å². The molecule has 0 bridgehead atoms. The number of carbonyl (C=O) groups is 2. The van der Waals surface area contributed by atoms with Crippen LogP contribution in [0.15, 0.2) is 24.3 Å². The van der Waals surface area contributed by atoms with Crippen LogP contribution < -0.4 is 10.6 Å². The number of carbonyl (C=O) groups excluding carboxylic acids is 2. The number of halogens is 1. The first-order valence-corrected chi connectivity index (χ1v) is 8.64. The molecule has 1 aliphatic carbocycles. The van der Waals surface area contributed by atoms with Gasteiger partial charge < -0.3 is 15.6 Å². The number of nitrogens with zero attached hydrogens (tertiary/aromatic N) is 1. The summed E-state index contributed by atoms with van der Waals surface area (Å²) in [5.41, 5.74) is 1.04. The zero-order chi connectivity index (χ0) is 18.0. The lowest BCUT2D eigenvalue weighted by Gasteiger charge is -2.18. The molecule has 0 radical (unpaired) electrons. The van der Waals surface area contributed by atoms with Gasteiger partial charge in [0.05, 0.1) is 16.6 Å². The van der Waals surface area contributed by atoms with Crippen molar-refractivity contribution in [3.63, 3.8) is 0 Å². The molecule has 0 saturated heterocycles. The van der Waals surface area contributed by atoms with Crippen molar-refractivity contribution in [2.75, 3.05) is 0 Å². The normalized spacial score (nSPS) is 16.0. The number of para-hydroxylation sites is 1. The number of H-pyrrole nitrogens is 1. The molecule has 1 saturated carbocycles. The van der Waals surface area contributed by atoms with Crippen molar-refractivity contribution < 1.29 is 9.59 Å². The number of nitrogens with one attached hydrogen (secondary N) is 3. The van der Waals surface area contributed by atoms with Crippen LogP contribution in [-0.2, 0) is 4.79 Å². The molecule has 6 nitrogen and oxygen atoms in total. The number of benzene rings is 1. The van der Waals surface area contributed by atoms with Gasteiger partial charge in [0, 0.05) is 5.39 Å². The van der Waals surface area contributed by atoms with Crippen LogP contribution in [0.2, 0.25) is 5.02 Å². The highest BCUT2D eigenvalue weighted by Crippen LogP contribution is 2.33. The first-order chi connectivity index (χ1) is 12.0. The van der Waals surface area contributed by atoms with Gasteiger partial charge in [-0.2, -0.15) is 5.26 Å². The predicted octanol–water partition coefficient (Wildman–Crippen LogP) is 2.75. The van der Waals surface area contributed by atoms with Gasteiger partial charge in [-0.25, -0.2) is 0 Å². The molecular formula is C18H19ClN4O2. The van der Waals surface area contributed by atoms with Crippen LogP contribution in [0, 0.1) is 17.2 Å². The van der Waals surface area contributed by atoms with Crippen molar-refractivity contribution in [2.24, 2.45) is 5.92 Å². The van der Waals surface area contributed by atoms with Gasteiger partial charge >= 0.3 is 0 Å². The highest BCUT2D eigenvalue weighted by molar-refractivity contribution is 6.35. The highest BCUT2D eigenvalue weighted by Gasteiger charge is 2.31. The average Bonchev–Trinajstić information content (AvgIpc) is 3.29. The van der Waals surface area contributed by atoms with Gasteiger partial charge in [0.15, 0.2) is 0 Å². The molecule has 1 fully saturated rings. The minimum absolute atomic E-state index is 0.330. The Hall–Kier alpha value is -2.52. The third kappa shape index (κ3) is 4.12. The van der Waals surface area contributed by atoms with Gasteiger partial charge in [-0.3, -0.25) is 9.59 Å². The Morgan fingerprint density at radius 1 is 1.40 bits per heavy atom. The zero-order valence-electron chi connectivity index (χ0n) is 13.8. The molecule has 3 N–H and O–H groups in total. The van der Waals surface area contributed by atoms with Gasteiger partial charge in [-0.1, -0.05) is 36.6 Å². The maximum atomic E-state index is 12.6. The van der Waals surface area contributed by atoms with Gasteiger partial charge in [-0.15, -0.1) is 0 Å². The maximum absolute atomic E-state index is 12.6. The van der Waals surface area contributed by atoms with Gasteiger partial charge in [0.2, 0.25) is 5.91 Å². The van der Waals surface area contributed by atoms with E-state index in [-0.39, 0.29) is 11.8 Å². The van der Waals surface area contributed by atoms with Crippen molar-refractivity contribution in [1.29, 1.82) is 5.26 Å². The summed E-state index contributed by atoms with van der Waals surface area (Å²) in [4.78, 5) is 27.9. The second-order valence-electron chi connectivity index (χ2n) is 6.45. The van der Waals surface area contributed by atoms with E-state index in [9.17, 15) is 9.59 Å². The summed E-state index contributed by atoms with van der Waals surface area (Å²) in [6, 6.07) is 7.83. The van der Waals surface area contributed by atoms with Crippen LogP contribution in [0.4, 0.5) is 0 Å². The number of hydrogen-bond donors (Lipinski definition) is 3. The van der Waals surface area contributed by atoms with Crippen LogP contribution in [0.5, 0.6) is 0 Å². The van der Waals surface area contributed by atoms with E-state index in [4.69, 9.17) is 16.9 Å². The van der Waals surface area contributed by atoms with Crippen LogP contribution in [0.25, 0.3) is 10.9 Å². The number of amides is 2. The zero-order valence-corrected chi connectivity index (χ0v) is 14.6. The van der Waals surface area contributed by atoms with Crippen LogP contribution in [-0.4, -0.2) is 28.9 Å². The molecule has 1 aliphatic rings.